The Bertz CT molecular complexity index is 980. The number of Topliss-reactive ketones (excluding diaryl/α,β-unsaturated/α-hetero) is 1. The number of methoxy groups -OCH3 is 2. The van der Waals surface area contributed by atoms with Gasteiger partial charge in [0.2, 0.25) is 0 Å². The number of hydrogen-bond donors (Lipinski definition) is 0. The summed E-state index contributed by atoms with van der Waals surface area (Å²) in [5, 5.41) is 0. The highest BCUT2D eigenvalue weighted by Gasteiger charge is 2.49. The maximum Gasteiger partial charge on any atom is 0.330 e. The maximum atomic E-state index is 12.9. The Labute approximate surface area is 172 Å². The molecule has 0 bridgehead atoms. The van der Waals surface area contributed by atoms with Gasteiger partial charge in [-0.2, -0.15) is 0 Å². The van der Waals surface area contributed by atoms with E-state index in [0.717, 1.165) is 14.2 Å². The zero-order valence-corrected chi connectivity index (χ0v) is 16.4. The Balaban J connectivity index is 2.02. The first kappa shape index (κ1) is 20.9. The smallest absolute Gasteiger partial charge is 0.330 e. The maximum absolute atomic E-state index is 12.9. The van der Waals surface area contributed by atoms with E-state index in [1.807, 2.05) is 0 Å². The van der Waals surface area contributed by atoms with Gasteiger partial charge in [0.05, 0.1) is 31.3 Å². The minimum Gasteiger partial charge on any atom is -0.469 e. The first-order chi connectivity index (χ1) is 14.4. The molecule has 0 radical (unpaired) electrons. The summed E-state index contributed by atoms with van der Waals surface area (Å²) in [6, 6.07) is 12.6. The first-order valence-electron chi connectivity index (χ1n) is 9.11. The molecule has 2 amide bonds. The molecule has 0 saturated carbocycles. The lowest BCUT2D eigenvalue weighted by Gasteiger charge is -2.29. The molecule has 2 aromatic carbocycles. The lowest BCUT2D eigenvalue weighted by molar-refractivity contribution is -0.157. The number of ether oxygens (including phenoxy) is 2. The van der Waals surface area contributed by atoms with Crippen LogP contribution in [-0.2, 0) is 19.1 Å². The highest BCUT2D eigenvalue weighted by atomic mass is 16.5. The van der Waals surface area contributed by atoms with Gasteiger partial charge in [-0.25, -0.2) is 4.79 Å². The van der Waals surface area contributed by atoms with Crippen LogP contribution in [0.2, 0.25) is 0 Å². The van der Waals surface area contributed by atoms with Gasteiger partial charge in [0.15, 0.2) is 11.8 Å². The molecule has 154 valence electrons. The lowest BCUT2D eigenvalue weighted by Crippen LogP contribution is -2.52. The predicted molar refractivity (Wildman–Crippen MR) is 104 cm³/mol. The number of carbonyl (C=O) groups excluding carboxylic acids is 5. The second-order valence-corrected chi connectivity index (χ2v) is 6.62. The summed E-state index contributed by atoms with van der Waals surface area (Å²) in [6.45, 7) is 0. The van der Waals surface area contributed by atoms with Crippen LogP contribution in [0.1, 0.15) is 37.5 Å². The van der Waals surface area contributed by atoms with Crippen molar-refractivity contribution in [2.24, 2.45) is 5.92 Å². The minimum absolute atomic E-state index is 0.106. The molecule has 2 atom stereocenters. The molecular weight excluding hydrogens is 390 g/mol. The number of esters is 2. The van der Waals surface area contributed by atoms with Crippen molar-refractivity contribution in [1.29, 1.82) is 0 Å². The van der Waals surface area contributed by atoms with Crippen molar-refractivity contribution < 1.29 is 33.4 Å². The summed E-state index contributed by atoms with van der Waals surface area (Å²) in [5.41, 5.74) is 0.529. The molecule has 1 heterocycles. The fraction of sp³-hybridized carbons (Fsp3) is 0.227. The fourth-order valence-corrected chi connectivity index (χ4v) is 3.45. The average molecular weight is 409 g/mol. The summed E-state index contributed by atoms with van der Waals surface area (Å²) >= 11 is 0. The van der Waals surface area contributed by atoms with Gasteiger partial charge in [-0.3, -0.25) is 24.1 Å². The average Bonchev–Trinajstić information content (AvgIpc) is 3.03. The number of imide groups is 1. The van der Waals surface area contributed by atoms with E-state index in [1.54, 1.807) is 42.5 Å². The van der Waals surface area contributed by atoms with Crippen LogP contribution in [0.3, 0.4) is 0 Å². The standard InChI is InChI=1S/C22H19NO7/c1-29-21(27)16(12-17(24)13-8-4-3-5-9-13)18(22(28)30-2)23-19(25)14-10-6-7-11-15(14)20(23)26/h3-11,16,18H,12H2,1-2H3/t16-,18-/m1/s1. The normalized spacial score (nSPS) is 14.7. The summed E-state index contributed by atoms with van der Waals surface area (Å²) in [4.78, 5) is 64.4. The van der Waals surface area contributed by atoms with Crippen molar-refractivity contribution in [2.45, 2.75) is 12.5 Å². The molecule has 8 heteroatoms. The van der Waals surface area contributed by atoms with Gasteiger partial charge < -0.3 is 9.47 Å². The largest absolute Gasteiger partial charge is 0.469 e. The molecule has 8 nitrogen and oxygen atoms in total. The molecule has 0 unspecified atom stereocenters. The topological polar surface area (TPSA) is 107 Å². The first-order valence-corrected chi connectivity index (χ1v) is 9.11. The molecule has 0 saturated heterocycles. The second-order valence-electron chi connectivity index (χ2n) is 6.62. The third-order valence-electron chi connectivity index (χ3n) is 4.93. The van der Waals surface area contributed by atoms with E-state index in [1.165, 1.54) is 12.1 Å². The van der Waals surface area contributed by atoms with Crippen LogP contribution < -0.4 is 0 Å². The van der Waals surface area contributed by atoms with Gasteiger partial charge in [-0.15, -0.1) is 0 Å². The van der Waals surface area contributed by atoms with E-state index in [0.29, 0.717) is 10.5 Å². The third kappa shape index (κ3) is 3.71. The molecule has 0 N–H and O–H groups in total. The fourth-order valence-electron chi connectivity index (χ4n) is 3.45. The van der Waals surface area contributed by atoms with Crippen molar-refractivity contribution in [3.8, 4) is 0 Å². The molecule has 3 rings (SSSR count). The molecule has 30 heavy (non-hydrogen) atoms. The monoisotopic (exact) mass is 409 g/mol. The summed E-state index contributed by atoms with van der Waals surface area (Å²) in [6.07, 6.45) is -0.455. The number of ketones is 1. The zero-order chi connectivity index (χ0) is 21.8. The Morgan fingerprint density at radius 1 is 0.800 bits per heavy atom. The number of nitrogens with zero attached hydrogens (tertiary/aromatic N) is 1. The van der Waals surface area contributed by atoms with Gasteiger partial charge in [-0.05, 0) is 12.1 Å². The molecule has 0 fully saturated rings. The van der Waals surface area contributed by atoms with E-state index in [2.05, 4.69) is 0 Å². The SMILES string of the molecule is COC(=O)[C@H](CC(=O)c1ccccc1)[C@H](C(=O)OC)N1C(=O)c2ccccc2C1=O. The second kappa shape index (κ2) is 8.69. The molecule has 1 aliphatic rings. The van der Waals surface area contributed by atoms with Gasteiger partial charge >= 0.3 is 11.9 Å². The van der Waals surface area contributed by atoms with E-state index >= 15 is 0 Å². The van der Waals surface area contributed by atoms with E-state index in [9.17, 15) is 24.0 Å². The quantitative estimate of drug-likeness (QED) is 0.390. The Kier molecular flexibility index (Phi) is 6.06. The lowest BCUT2D eigenvalue weighted by atomic mass is 9.90. The predicted octanol–water partition coefficient (Wildman–Crippen LogP) is 1.89. The van der Waals surface area contributed by atoms with Crippen LogP contribution in [0.15, 0.2) is 54.6 Å². The van der Waals surface area contributed by atoms with Crippen molar-refractivity contribution in [1.82, 2.24) is 4.90 Å². The number of hydrogen-bond acceptors (Lipinski definition) is 7. The molecule has 0 aromatic heterocycles. The van der Waals surface area contributed by atoms with E-state index in [-0.39, 0.29) is 11.1 Å². The van der Waals surface area contributed by atoms with Crippen molar-refractivity contribution in [2.75, 3.05) is 14.2 Å². The minimum atomic E-state index is -1.65. The van der Waals surface area contributed by atoms with E-state index in [4.69, 9.17) is 9.47 Å². The Morgan fingerprint density at radius 3 is 1.80 bits per heavy atom. The van der Waals surface area contributed by atoms with Gasteiger partial charge in [0.1, 0.15) is 0 Å². The molecule has 0 spiro atoms. The van der Waals surface area contributed by atoms with Crippen molar-refractivity contribution >= 4 is 29.5 Å². The van der Waals surface area contributed by atoms with Gasteiger partial charge in [0, 0.05) is 12.0 Å². The zero-order valence-electron chi connectivity index (χ0n) is 16.4. The molecule has 2 aromatic rings. The van der Waals surface area contributed by atoms with E-state index < -0.39 is 47.9 Å². The Morgan fingerprint density at radius 2 is 1.30 bits per heavy atom. The summed E-state index contributed by atoms with van der Waals surface area (Å²) in [5.74, 6) is -5.28. The van der Waals surface area contributed by atoms with Gasteiger partial charge in [0.25, 0.3) is 11.8 Å². The van der Waals surface area contributed by atoms with Crippen LogP contribution in [0.5, 0.6) is 0 Å². The van der Waals surface area contributed by atoms with Crippen LogP contribution in [0.25, 0.3) is 0 Å². The van der Waals surface area contributed by atoms with Crippen molar-refractivity contribution in [3.63, 3.8) is 0 Å². The van der Waals surface area contributed by atoms with Gasteiger partial charge in [-0.1, -0.05) is 42.5 Å². The number of benzene rings is 2. The summed E-state index contributed by atoms with van der Waals surface area (Å²) < 4.78 is 9.56. The highest BCUT2D eigenvalue weighted by Crippen LogP contribution is 2.30. The summed E-state index contributed by atoms with van der Waals surface area (Å²) in [7, 11) is 2.17. The van der Waals surface area contributed by atoms with Crippen LogP contribution >= 0.6 is 0 Å². The Hall–Kier alpha value is -3.81. The molecule has 0 aliphatic carbocycles. The number of rotatable bonds is 7. The number of amides is 2. The highest BCUT2D eigenvalue weighted by molar-refractivity contribution is 6.23. The van der Waals surface area contributed by atoms with Crippen molar-refractivity contribution in [3.05, 3.63) is 71.3 Å². The third-order valence-corrected chi connectivity index (χ3v) is 4.93. The molecule has 1 aliphatic heterocycles. The molecular formula is C22H19NO7. The van der Waals surface area contributed by atoms with Crippen LogP contribution in [-0.4, -0.2) is 54.7 Å². The number of carbonyl (C=O) groups is 5. The van der Waals surface area contributed by atoms with Crippen LogP contribution in [0.4, 0.5) is 0 Å². The number of fused-ring (bicyclic) bond motifs is 1. The van der Waals surface area contributed by atoms with Crippen LogP contribution in [0, 0.1) is 5.92 Å².